The van der Waals surface area contributed by atoms with Crippen molar-refractivity contribution in [3.63, 3.8) is 0 Å². The molecule has 0 fully saturated rings. The Morgan fingerprint density at radius 3 is 2.12 bits per heavy atom. The summed E-state index contributed by atoms with van der Waals surface area (Å²) in [6.45, 7) is 10.5. The van der Waals surface area contributed by atoms with E-state index in [-0.39, 0.29) is 23.4 Å². The van der Waals surface area contributed by atoms with Crippen molar-refractivity contribution in [2.45, 2.75) is 71.5 Å². The Labute approximate surface area is 253 Å². The average molecular weight is 619 g/mol. The molecule has 3 aromatic carbocycles. The summed E-state index contributed by atoms with van der Waals surface area (Å²) in [6.07, 6.45) is 0.713. The van der Waals surface area contributed by atoms with E-state index in [0.717, 1.165) is 15.4 Å². The van der Waals surface area contributed by atoms with Crippen molar-refractivity contribution in [2.75, 3.05) is 10.8 Å². The maximum absolute atomic E-state index is 14.1. The largest absolute Gasteiger partial charge is 0.352 e. The second-order valence-electron chi connectivity index (χ2n) is 10.4. The van der Waals surface area contributed by atoms with Gasteiger partial charge in [-0.2, -0.15) is 0 Å². The molecule has 0 saturated carbocycles. The molecule has 3 rings (SSSR count). The smallest absolute Gasteiger partial charge is 0.264 e. The fourth-order valence-electron chi connectivity index (χ4n) is 4.32. The third-order valence-corrected chi connectivity index (χ3v) is 9.39. The molecular formula is C31H37Cl2N3O4S. The van der Waals surface area contributed by atoms with Crippen LogP contribution in [0.15, 0.2) is 65.6 Å². The highest BCUT2D eigenvalue weighted by Crippen LogP contribution is 2.29. The summed E-state index contributed by atoms with van der Waals surface area (Å²) in [5.41, 5.74) is 3.52. The molecule has 0 spiro atoms. The highest BCUT2D eigenvalue weighted by Gasteiger charge is 2.33. The lowest BCUT2D eigenvalue weighted by molar-refractivity contribution is -0.139. The lowest BCUT2D eigenvalue weighted by Gasteiger charge is -2.33. The van der Waals surface area contributed by atoms with Crippen LogP contribution in [-0.2, 0) is 26.2 Å². The summed E-state index contributed by atoms with van der Waals surface area (Å²) in [4.78, 5) is 28.7. The van der Waals surface area contributed by atoms with Gasteiger partial charge in [0.2, 0.25) is 11.8 Å². The number of hydrogen-bond acceptors (Lipinski definition) is 4. The Balaban J connectivity index is 2.08. The third kappa shape index (κ3) is 8.03. The van der Waals surface area contributed by atoms with E-state index >= 15 is 0 Å². The highest BCUT2D eigenvalue weighted by molar-refractivity contribution is 7.92. The van der Waals surface area contributed by atoms with E-state index in [1.165, 1.54) is 17.0 Å². The van der Waals surface area contributed by atoms with E-state index in [9.17, 15) is 18.0 Å². The van der Waals surface area contributed by atoms with Crippen LogP contribution in [0.4, 0.5) is 5.69 Å². The Morgan fingerprint density at radius 1 is 0.902 bits per heavy atom. The molecule has 1 N–H and O–H groups in total. The number of carbonyl (C=O) groups is 2. The number of sulfonamides is 1. The van der Waals surface area contributed by atoms with Crippen molar-refractivity contribution >= 4 is 50.7 Å². The maximum Gasteiger partial charge on any atom is 0.264 e. The van der Waals surface area contributed by atoms with Crippen LogP contribution in [0.5, 0.6) is 0 Å². The van der Waals surface area contributed by atoms with Crippen molar-refractivity contribution < 1.29 is 18.0 Å². The van der Waals surface area contributed by atoms with Gasteiger partial charge in [0.05, 0.1) is 10.6 Å². The zero-order valence-electron chi connectivity index (χ0n) is 24.2. The lowest BCUT2D eigenvalue weighted by atomic mass is 10.1. The summed E-state index contributed by atoms with van der Waals surface area (Å²) in [5, 5.41) is 3.69. The molecule has 0 aromatic heterocycles. The molecule has 0 aliphatic rings. The zero-order valence-corrected chi connectivity index (χ0v) is 26.6. The minimum Gasteiger partial charge on any atom is -0.352 e. The standard InChI is InChI=1S/C31H37Cl2N3O4S/c1-7-23(5)34-31(38)24(6)35(18-25-11-12-26(32)17-28(25)33)30(37)19-36(29-15-10-21(3)16-22(29)4)41(39,40)27-13-8-20(2)9-14-27/h8-17,23-24H,7,18-19H2,1-6H3,(H,34,38)/t23-,24+/m1/s1. The van der Waals surface area contributed by atoms with E-state index in [1.807, 2.05) is 33.8 Å². The number of benzene rings is 3. The van der Waals surface area contributed by atoms with Crippen molar-refractivity contribution in [3.8, 4) is 0 Å². The fraction of sp³-hybridized carbons (Fsp3) is 0.355. The Morgan fingerprint density at radius 2 is 1.54 bits per heavy atom. The second kappa shape index (κ2) is 13.7. The molecule has 2 atom stereocenters. The van der Waals surface area contributed by atoms with Gasteiger partial charge in [-0.25, -0.2) is 8.42 Å². The molecule has 3 aromatic rings. The lowest BCUT2D eigenvalue weighted by Crippen LogP contribution is -2.52. The van der Waals surface area contributed by atoms with Gasteiger partial charge >= 0.3 is 0 Å². The van der Waals surface area contributed by atoms with Crippen molar-refractivity contribution in [1.82, 2.24) is 10.2 Å². The van der Waals surface area contributed by atoms with Crippen LogP contribution in [0.2, 0.25) is 10.0 Å². The van der Waals surface area contributed by atoms with E-state index in [2.05, 4.69) is 5.32 Å². The Hall–Kier alpha value is -3.07. The highest BCUT2D eigenvalue weighted by atomic mass is 35.5. The molecule has 0 bridgehead atoms. The number of amides is 2. The van der Waals surface area contributed by atoms with Gasteiger partial charge in [-0.05, 0) is 82.5 Å². The number of anilines is 1. The second-order valence-corrected chi connectivity index (χ2v) is 13.1. The van der Waals surface area contributed by atoms with E-state index in [1.54, 1.807) is 56.3 Å². The van der Waals surface area contributed by atoms with Crippen molar-refractivity contribution in [3.05, 3.63) is 93.0 Å². The third-order valence-electron chi connectivity index (χ3n) is 7.03. The predicted octanol–water partition coefficient (Wildman–Crippen LogP) is 6.45. The first-order valence-corrected chi connectivity index (χ1v) is 15.6. The Bertz CT molecular complexity index is 1510. The van der Waals surface area contributed by atoms with E-state index < -0.39 is 28.5 Å². The fourth-order valence-corrected chi connectivity index (χ4v) is 6.26. The van der Waals surface area contributed by atoms with Crippen LogP contribution < -0.4 is 9.62 Å². The Kier molecular flexibility index (Phi) is 10.9. The SMILES string of the molecule is CC[C@@H](C)NC(=O)[C@H](C)N(Cc1ccc(Cl)cc1Cl)C(=O)CN(c1ccc(C)cc1C)S(=O)(=O)c1ccc(C)cc1. The molecule has 7 nitrogen and oxygen atoms in total. The van der Waals surface area contributed by atoms with Gasteiger partial charge in [0.15, 0.2) is 0 Å². The molecule has 0 aliphatic heterocycles. The van der Waals surface area contributed by atoms with Crippen molar-refractivity contribution in [1.29, 1.82) is 0 Å². The number of nitrogens with one attached hydrogen (secondary N) is 1. The molecule has 220 valence electrons. The van der Waals surface area contributed by atoms with Crippen LogP contribution in [0.1, 0.15) is 49.4 Å². The first-order chi connectivity index (χ1) is 19.2. The van der Waals surface area contributed by atoms with Gasteiger partial charge < -0.3 is 10.2 Å². The van der Waals surface area contributed by atoms with Crippen LogP contribution >= 0.6 is 23.2 Å². The number of hydrogen-bond donors (Lipinski definition) is 1. The van der Waals surface area contributed by atoms with Gasteiger partial charge in [-0.3, -0.25) is 13.9 Å². The molecule has 0 unspecified atom stereocenters. The molecular weight excluding hydrogens is 581 g/mol. The van der Waals surface area contributed by atoms with Crippen LogP contribution in [-0.4, -0.2) is 43.8 Å². The maximum atomic E-state index is 14.1. The minimum absolute atomic E-state index is 0.0186. The van der Waals surface area contributed by atoms with E-state index in [0.29, 0.717) is 33.3 Å². The normalized spacial score (nSPS) is 12.9. The van der Waals surface area contributed by atoms with Crippen LogP contribution in [0.3, 0.4) is 0 Å². The number of rotatable bonds is 11. The van der Waals surface area contributed by atoms with Gasteiger partial charge in [-0.1, -0.05) is 71.6 Å². The zero-order chi connectivity index (χ0) is 30.5. The summed E-state index contributed by atoms with van der Waals surface area (Å²) >= 11 is 12.5. The number of aryl methyl sites for hydroxylation is 3. The van der Waals surface area contributed by atoms with Gasteiger partial charge in [0.1, 0.15) is 12.6 Å². The molecule has 0 heterocycles. The van der Waals surface area contributed by atoms with Crippen LogP contribution in [0, 0.1) is 20.8 Å². The first-order valence-electron chi connectivity index (χ1n) is 13.4. The number of nitrogens with zero attached hydrogens (tertiary/aromatic N) is 2. The van der Waals surface area contributed by atoms with Gasteiger partial charge in [0.25, 0.3) is 10.0 Å². The number of halogens is 2. The molecule has 0 saturated heterocycles. The summed E-state index contributed by atoms with van der Waals surface area (Å²) in [5.74, 6) is -0.907. The average Bonchev–Trinajstić information content (AvgIpc) is 2.91. The summed E-state index contributed by atoms with van der Waals surface area (Å²) in [6, 6.07) is 15.7. The number of carbonyl (C=O) groups excluding carboxylic acids is 2. The molecule has 10 heteroatoms. The molecule has 0 aliphatic carbocycles. The van der Waals surface area contributed by atoms with Crippen molar-refractivity contribution in [2.24, 2.45) is 0 Å². The topological polar surface area (TPSA) is 86.8 Å². The molecule has 41 heavy (non-hydrogen) atoms. The first kappa shape index (κ1) is 32.4. The van der Waals surface area contributed by atoms with Gasteiger partial charge in [0, 0.05) is 22.6 Å². The van der Waals surface area contributed by atoms with E-state index in [4.69, 9.17) is 23.2 Å². The summed E-state index contributed by atoms with van der Waals surface area (Å²) < 4.78 is 29.2. The predicted molar refractivity (Wildman–Crippen MR) is 166 cm³/mol. The van der Waals surface area contributed by atoms with Gasteiger partial charge in [-0.15, -0.1) is 0 Å². The summed E-state index contributed by atoms with van der Waals surface area (Å²) in [7, 11) is -4.15. The molecule has 2 amide bonds. The van der Waals surface area contributed by atoms with Crippen LogP contribution in [0.25, 0.3) is 0 Å². The molecule has 0 radical (unpaired) electrons. The monoisotopic (exact) mass is 617 g/mol. The quantitative estimate of drug-likeness (QED) is 0.268. The minimum atomic E-state index is -4.15.